The molecule has 2 amide bonds. The maximum absolute atomic E-state index is 13.2. The van der Waals surface area contributed by atoms with E-state index in [-0.39, 0.29) is 17.3 Å². The molecule has 7 heteroatoms. The van der Waals surface area contributed by atoms with Crippen LogP contribution in [0.25, 0.3) is 0 Å². The third-order valence-corrected chi connectivity index (χ3v) is 4.36. The number of nitrogens with zero attached hydrogens (tertiary/aromatic N) is 2. The molecule has 1 unspecified atom stereocenters. The van der Waals surface area contributed by atoms with Crippen molar-refractivity contribution in [2.75, 3.05) is 18.4 Å². The molecular weight excluding hydrogens is 340 g/mol. The van der Waals surface area contributed by atoms with Gasteiger partial charge in [-0.3, -0.25) is 14.6 Å². The zero-order valence-corrected chi connectivity index (χ0v) is 14.3. The minimum Gasteiger partial charge on any atom is -0.338 e. The first-order valence-corrected chi connectivity index (χ1v) is 8.46. The highest BCUT2D eigenvalue weighted by Crippen LogP contribution is 2.19. The van der Waals surface area contributed by atoms with Gasteiger partial charge in [-0.2, -0.15) is 0 Å². The Morgan fingerprint density at radius 2 is 2.00 bits per heavy atom. The molecule has 1 atom stereocenters. The van der Waals surface area contributed by atoms with Crippen molar-refractivity contribution < 1.29 is 18.4 Å². The van der Waals surface area contributed by atoms with Gasteiger partial charge in [0, 0.05) is 36.6 Å². The molecule has 1 saturated heterocycles. The van der Waals surface area contributed by atoms with Gasteiger partial charge < -0.3 is 10.2 Å². The Balaban J connectivity index is 1.74. The highest BCUT2D eigenvalue weighted by Gasteiger charge is 2.23. The minimum absolute atomic E-state index is 0.0330. The van der Waals surface area contributed by atoms with Gasteiger partial charge in [-0.25, -0.2) is 8.78 Å². The molecule has 0 spiro atoms. The average Bonchev–Trinajstić information content (AvgIpc) is 2.64. The molecule has 0 radical (unpaired) electrons. The van der Waals surface area contributed by atoms with Crippen LogP contribution in [0.3, 0.4) is 0 Å². The van der Waals surface area contributed by atoms with E-state index < -0.39 is 17.5 Å². The van der Waals surface area contributed by atoms with Crippen LogP contribution in [-0.4, -0.2) is 34.8 Å². The number of aromatic nitrogens is 1. The maximum Gasteiger partial charge on any atom is 0.274 e. The summed E-state index contributed by atoms with van der Waals surface area (Å²) < 4.78 is 26.2. The van der Waals surface area contributed by atoms with E-state index in [4.69, 9.17) is 0 Å². The summed E-state index contributed by atoms with van der Waals surface area (Å²) in [6, 6.07) is 6.04. The van der Waals surface area contributed by atoms with Gasteiger partial charge in [0.05, 0.1) is 0 Å². The second-order valence-electron chi connectivity index (χ2n) is 6.51. The van der Waals surface area contributed by atoms with E-state index in [0.717, 1.165) is 25.0 Å². The molecule has 5 nitrogen and oxygen atoms in total. The number of benzene rings is 1. The number of pyridine rings is 1. The molecular formula is C19H19F2N3O2. The van der Waals surface area contributed by atoms with Gasteiger partial charge in [-0.05, 0) is 43.0 Å². The topological polar surface area (TPSA) is 62.3 Å². The number of piperidine rings is 1. The number of hydrogen-bond acceptors (Lipinski definition) is 3. The Kier molecular flexibility index (Phi) is 5.25. The number of rotatable bonds is 3. The third-order valence-electron chi connectivity index (χ3n) is 4.36. The largest absolute Gasteiger partial charge is 0.338 e. The molecule has 26 heavy (non-hydrogen) atoms. The van der Waals surface area contributed by atoms with Crippen LogP contribution in [0.5, 0.6) is 0 Å². The molecule has 1 aromatic heterocycles. The molecule has 0 aliphatic carbocycles. The van der Waals surface area contributed by atoms with Crippen molar-refractivity contribution in [2.45, 2.75) is 19.8 Å². The van der Waals surface area contributed by atoms with E-state index >= 15 is 0 Å². The standard InChI is InChI=1S/C19H19F2N3O2/c1-12-3-2-8-24(11-12)19(26)13-6-7-22-17(9-13)18(25)23-14-4-5-15(20)16(21)10-14/h4-7,9-10,12H,2-3,8,11H2,1H3,(H,23,25). The highest BCUT2D eigenvalue weighted by atomic mass is 19.2. The van der Waals surface area contributed by atoms with Gasteiger partial charge in [0.2, 0.25) is 0 Å². The molecule has 0 bridgehead atoms. The molecule has 2 aromatic rings. The molecule has 1 aliphatic rings. The summed E-state index contributed by atoms with van der Waals surface area (Å²) >= 11 is 0. The monoisotopic (exact) mass is 359 g/mol. The second-order valence-corrected chi connectivity index (χ2v) is 6.51. The third kappa shape index (κ3) is 4.04. The van der Waals surface area contributed by atoms with E-state index in [1.807, 2.05) is 0 Å². The maximum atomic E-state index is 13.2. The molecule has 3 rings (SSSR count). The van der Waals surface area contributed by atoms with Gasteiger partial charge >= 0.3 is 0 Å². The summed E-state index contributed by atoms with van der Waals surface area (Å²) in [6.07, 6.45) is 3.45. The lowest BCUT2D eigenvalue weighted by molar-refractivity contribution is 0.0683. The van der Waals surface area contributed by atoms with Gasteiger partial charge in [-0.1, -0.05) is 6.92 Å². The number of hydrogen-bond donors (Lipinski definition) is 1. The predicted molar refractivity (Wildman–Crippen MR) is 92.8 cm³/mol. The Hall–Kier alpha value is -2.83. The quantitative estimate of drug-likeness (QED) is 0.913. The van der Waals surface area contributed by atoms with Crippen LogP contribution in [-0.2, 0) is 0 Å². The Morgan fingerprint density at radius 1 is 1.19 bits per heavy atom. The molecule has 1 N–H and O–H groups in total. The summed E-state index contributed by atoms with van der Waals surface area (Å²) in [5.41, 5.74) is 0.521. The van der Waals surface area contributed by atoms with E-state index in [9.17, 15) is 18.4 Å². The van der Waals surface area contributed by atoms with E-state index in [0.29, 0.717) is 24.6 Å². The van der Waals surface area contributed by atoms with Crippen molar-refractivity contribution in [3.63, 3.8) is 0 Å². The van der Waals surface area contributed by atoms with E-state index in [1.54, 1.807) is 11.0 Å². The molecule has 1 fully saturated rings. The van der Waals surface area contributed by atoms with Gasteiger partial charge in [-0.15, -0.1) is 0 Å². The SMILES string of the molecule is CC1CCCN(C(=O)c2ccnc(C(=O)Nc3ccc(F)c(F)c3)c2)C1. The van der Waals surface area contributed by atoms with E-state index in [1.165, 1.54) is 18.3 Å². The lowest BCUT2D eigenvalue weighted by atomic mass is 9.99. The first-order chi connectivity index (χ1) is 12.4. The smallest absolute Gasteiger partial charge is 0.274 e. The number of carbonyl (C=O) groups is 2. The molecule has 1 aromatic carbocycles. The van der Waals surface area contributed by atoms with Crippen molar-refractivity contribution in [2.24, 2.45) is 5.92 Å². The lowest BCUT2D eigenvalue weighted by Gasteiger charge is -2.31. The van der Waals surface area contributed by atoms with Crippen LogP contribution in [0, 0.1) is 17.6 Å². The predicted octanol–water partition coefficient (Wildman–Crippen LogP) is 3.48. The van der Waals surface area contributed by atoms with Crippen LogP contribution in [0.2, 0.25) is 0 Å². The first kappa shape index (κ1) is 18.0. The highest BCUT2D eigenvalue weighted by molar-refractivity contribution is 6.04. The summed E-state index contributed by atoms with van der Waals surface area (Å²) in [5.74, 6) is -2.34. The van der Waals surface area contributed by atoms with Crippen LogP contribution in [0.4, 0.5) is 14.5 Å². The number of amides is 2. The average molecular weight is 359 g/mol. The second kappa shape index (κ2) is 7.59. The number of nitrogens with one attached hydrogen (secondary N) is 1. The van der Waals surface area contributed by atoms with E-state index in [2.05, 4.69) is 17.2 Å². The first-order valence-electron chi connectivity index (χ1n) is 8.46. The molecule has 2 heterocycles. The fourth-order valence-electron chi connectivity index (χ4n) is 3.01. The fraction of sp³-hybridized carbons (Fsp3) is 0.316. The number of anilines is 1. The zero-order valence-electron chi connectivity index (χ0n) is 14.3. The van der Waals surface area contributed by atoms with Crippen molar-refractivity contribution in [3.05, 3.63) is 59.4 Å². The number of halogens is 2. The van der Waals surface area contributed by atoms with Gasteiger partial charge in [0.15, 0.2) is 11.6 Å². The Bertz CT molecular complexity index is 841. The summed E-state index contributed by atoms with van der Waals surface area (Å²) in [7, 11) is 0. The zero-order chi connectivity index (χ0) is 18.7. The van der Waals surface area contributed by atoms with Crippen LogP contribution in [0.1, 0.15) is 40.6 Å². The fourth-order valence-corrected chi connectivity index (χ4v) is 3.01. The molecule has 136 valence electrons. The van der Waals surface area contributed by atoms with Crippen LogP contribution in [0.15, 0.2) is 36.5 Å². The van der Waals surface area contributed by atoms with Crippen LogP contribution < -0.4 is 5.32 Å². The summed E-state index contributed by atoms with van der Waals surface area (Å²) in [5, 5.41) is 2.45. The van der Waals surface area contributed by atoms with Gasteiger partial charge in [0.25, 0.3) is 11.8 Å². The Morgan fingerprint density at radius 3 is 2.73 bits per heavy atom. The van der Waals surface area contributed by atoms with Crippen molar-refractivity contribution in [3.8, 4) is 0 Å². The van der Waals surface area contributed by atoms with Crippen LogP contribution >= 0.6 is 0 Å². The number of carbonyl (C=O) groups excluding carboxylic acids is 2. The Labute approximate surface area is 150 Å². The molecule has 0 saturated carbocycles. The lowest BCUT2D eigenvalue weighted by Crippen LogP contribution is -2.39. The van der Waals surface area contributed by atoms with Crippen molar-refractivity contribution in [1.29, 1.82) is 0 Å². The summed E-state index contributed by atoms with van der Waals surface area (Å²) in [6.45, 7) is 3.49. The van der Waals surface area contributed by atoms with Crippen molar-refractivity contribution in [1.82, 2.24) is 9.88 Å². The minimum atomic E-state index is -1.06. The molecule has 1 aliphatic heterocycles. The summed E-state index contributed by atoms with van der Waals surface area (Å²) in [4.78, 5) is 30.7. The number of likely N-dealkylation sites (tertiary alicyclic amines) is 1. The normalized spacial score (nSPS) is 17.0. The van der Waals surface area contributed by atoms with Gasteiger partial charge in [0.1, 0.15) is 5.69 Å². The van der Waals surface area contributed by atoms with Crippen molar-refractivity contribution >= 4 is 17.5 Å².